The van der Waals surface area contributed by atoms with Crippen molar-refractivity contribution in [3.63, 3.8) is 0 Å². The maximum atomic E-state index is 12.0. The number of carbonyl (C=O) groups is 2. The van der Waals surface area contributed by atoms with Crippen molar-refractivity contribution in [2.75, 3.05) is 11.5 Å². The molecular formula is C13H14ClNO3S. The van der Waals surface area contributed by atoms with Crippen molar-refractivity contribution in [2.24, 2.45) is 5.92 Å². The molecule has 1 unspecified atom stereocenters. The van der Waals surface area contributed by atoms with E-state index in [0.717, 1.165) is 17.9 Å². The molecule has 1 fully saturated rings. The Kier molecular flexibility index (Phi) is 4.71. The maximum Gasteiger partial charge on any atom is 0.330 e. The Morgan fingerprint density at radius 3 is 2.74 bits per heavy atom. The first-order valence-corrected chi connectivity index (χ1v) is 7.48. The molecule has 19 heavy (non-hydrogen) atoms. The first-order valence-electron chi connectivity index (χ1n) is 5.95. The third kappa shape index (κ3) is 3.42. The molecule has 1 aromatic carbocycles. The van der Waals surface area contributed by atoms with Crippen molar-refractivity contribution >= 4 is 35.2 Å². The molecule has 2 N–H and O–H groups in total. The minimum absolute atomic E-state index is 0.102. The zero-order valence-electron chi connectivity index (χ0n) is 10.1. The molecule has 4 nitrogen and oxygen atoms in total. The van der Waals surface area contributed by atoms with E-state index in [-0.39, 0.29) is 11.8 Å². The van der Waals surface area contributed by atoms with Crippen LogP contribution in [-0.2, 0) is 9.59 Å². The van der Waals surface area contributed by atoms with E-state index in [1.807, 2.05) is 0 Å². The average Bonchev–Trinajstić information content (AvgIpc) is 2.90. The second-order valence-corrected chi connectivity index (χ2v) is 5.92. The van der Waals surface area contributed by atoms with E-state index in [0.29, 0.717) is 10.6 Å². The topological polar surface area (TPSA) is 66.4 Å². The van der Waals surface area contributed by atoms with Gasteiger partial charge in [-0.1, -0.05) is 29.8 Å². The first-order chi connectivity index (χ1) is 9.09. The number of amides is 1. The van der Waals surface area contributed by atoms with Gasteiger partial charge in [0, 0.05) is 22.3 Å². The molecule has 6 heteroatoms. The van der Waals surface area contributed by atoms with E-state index in [1.165, 1.54) is 0 Å². The molecule has 0 spiro atoms. The van der Waals surface area contributed by atoms with Crippen LogP contribution in [-0.4, -0.2) is 28.5 Å². The third-order valence-corrected chi connectivity index (χ3v) is 4.56. The lowest BCUT2D eigenvalue weighted by Crippen LogP contribution is -2.37. The summed E-state index contributed by atoms with van der Waals surface area (Å²) >= 11 is 7.70. The number of nitrogens with one attached hydrogen (secondary N) is 1. The molecule has 0 bridgehead atoms. The first kappa shape index (κ1) is 14.2. The number of carboxylic acid groups (broad SMARTS) is 1. The number of carboxylic acids is 1. The fourth-order valence-electron chi connectivity index (χ4n) is 1.98. The fourth-order valence-corrected chi connectivity index (χ4v) is 3.45. The van der Waals surface area contributed by atoms with Crippen LogP contribution in [0.15, 0.2) is 24.3 Å². The second-order valence-electron chi connectivity index (χ2n) is 4.36. The number of hydrogen-bond acceptors (Lipinski definition) is 3. The Morgan fingerprint density at radius 1 is 1.42 bits per heavy atom. The monoisotopic (exact) mass is 299 g/mol. The fraction of sp³-hybridized carbons (Fsp3) is 0.385. The van der Waals surface area contributed by atoms with Crippen LogP contribution in [0.2, 0.25) is 5.02 Å². The molecule has 1 amide bonds. The van der Waals surface area contributed by atoms with Crippen LogP contribution in [0.5, 0.6) is 0 Å². The number of thioether (sulfide) groups is 1. The van der Waals surface area contributed by atoms with Gasteiger partial charge < -0.3 is 10.4 Å². The molecule has 0 radical (unpaired) electrons. The van der Waals surface area contributed by atoms with E-state index in [9.17, 15) is 14.7 Å². The van der Waals surface area contributed by atoms with Gasteiger partial charge in [-0.3, -0.25) is 4.79 Å². The Balaban J connectivity index is 2.15. The van der Waals surface area contributed by atoms with Crippen LogP contribution in [0, 0.1) is 5.92 Å². The van der Waals surface area contributed by atoms with Crippen molar-refractivity contribution in [1.29, 1.82) is 0 Å². The summed E-state index contributed by atoms with van der Waals surface area (Å²) in [7, 11) is 0. The predicted molar refractivity (Wildman–Crippen MR) is 75.4 cm³/mol. The molecule has 1 heterocycles. The molecule has 2 rings (SSSR count). The minimum Gasteiger partial charge on any atom is -0.479 e. The van der Waals surface area contributed by atoms with Crippen LogP contribution in [0.4, 0.5) is 0 Å². The molecule has 1 saturated heterocycles. The zero-order chi connectivity index (χ0) is 13.8. The summed E-state index contributed by atoms with van der Waals surface area (Å²) in [5.74, 6) is 0.279. The molecule has 2 atom stereocenters. The van der Waals surface area contributed by atoms with E-state index in [2.05, 4.69) is 5.32 Å². The van der Waals surface area contributed by atoms with E-state index < -0.39 is 12.0 Å². The second kappa shape index (κ2) is 6.30. The van der Waals surface area contributed by atoms with Crippen LogP contribution in [0.3, 0.4) is 0 Å². The number of halogens is 1. The lowest BCUT2D eigenvalue weighted by molar-refractivity contribution is -0.142. The van der Waals surface area contributed by atoms with Gasteiger partial charge >= 0.3 is 5.97 Å². The lowest BCUT2D eigenvalue weighted by Gasteiger charge is -2.18. The largest absolute Gasteiger partial charge is 0.479 e. The smallest absolute Gasteiger partial charge is 0.330 e. The summed E-state index contributed by atoms with van der Waals surface area (Å²) in [5, 5.41) is 12.2. The van der Waals surface area contributed by atoms with Gasteiger partial charge in [0.05, 0.1) is 0 Å². The molecule has 1 aliphatic rings. The van der Waals surface area contributed by atoms with Crippen molar-refractivity contribution in [1.82, 2.24) is 5.32 Å². The van der Waals surface area contributed by atoms with Crippen LogP contribution in [0.25, 0.3) is 0 Å². The van der Waals surface area contributed by atoms with Crippen LogP contribution in [0.1, 0.15) is 18.0 Å². The van der Waals surface area contributed by atoms with Crippen molar-refractivity contribution in [3.8, 4) is 0 Å². The Hall–Kier alpha value is -1.20. The van der Waals surface area contributed by atoms with Gasteiger partial charge in [-0.05, 0) is 18.2 Å². The van der Waals surface area contributed by atoms with E-state index >= 15 is 0 Å². The molecule has 0 saturated carbocycles. The highest BCUT2D eigenvalue weighted by atomic mass is 35.5. The van der Waals surface area contributed by atoms with Gasteiger partial charge in [0.25, 0.3) is 0 Å². The number of aliphatic carboxylic acids is 1. The molecule has 0 aromatic heterocycles. The van der Waals surface area contributed by atoms with Gasteiger partial charge in [0.15, 0.2) is 6.04 Å². The Bertz CT molecular complexity index is 489. The van der Waals surface area contributed by atoms with Gasteiger partial charge in [-0.25, -0.2) is 4.79 Å². The molecule has 0 aliphatic carbocycles. The normalized spacial score (nSPS) is 19.9. The predicted octanol–water partition coefficient (Wildman–Crippen LogP) is 2.33. The highest BCUT2D eigenvalue weighted by Gasteiger charge is 2.29. The standard InChI is InChI=1S/C13H14ClNO3S/c14-10-4-2-1-3-9(10)11(13(17)18)15-12(16)8-5-6-19-7-8/h1-4,8,11H,5-7H2,(H,15,16)(H,17,18)/t8?,11-/m1/s1. The van der Waals surface area contributed by atoms with Gasteiger partial charge in [0.1, 0.15) is 0 Å². The number of carbonyl (C=O) groups excluding carboxylic acids is 1. The summed E-state index contributed by atoms with van der Waals surface area (Å²) < 4.78 is 0. The number of benzene rings is 1. The summed E-state index contributed by atoms with van der Waals surface area (Å²) in [5.41, 5.74) is 0.413. The third-order valence-electron chi connectivity index (χ3n) is 3.05. The minimum atomic E-state index is -1.10. The van der Waals surface area contributed by atoms with Gasteiger partial charge in [0.2, 0.25) is 5.91 Å². The molecule has 1 aromatic rings. The highest BCUT2D eigenvalue weighted by molar-refractivity contribution is 7.99. The van der Waals surface area contributed by atoms with Crippen molar-refractivity contribution in [3.05, 3.63) is 34.9 Å². The number of rotatable bonds is 4. The van der Waals surface area contributed by atoms with Crippen LogP contribution >= 0.6 is 23.4 Å². The maximum absolute atomic E-state index is 12.0. The summed E-state index contributed by atoms with van der Waals surface area (Å²) in [6, 6.07) is 5.57. The van der Waals surface area contributed by atoms with Crippen molar-refractivity contribution < 1.29 is 14.7 Å². The quantitative estimate of drug-likeness (QED) is 0.895. The average molecular weight is 300 g/mol. The SMILES string of the molecule is O=C(N[C@@H](C(=O)O)c1ccccc1Cl)C1CCSC1. The zero-order valence-corrected chi connectivity index (χ0v) is 11.7. The van der Waals surface area contributed by atoms with E-state index in [1.54, 1.807) is 36.0 Å². The highest BCUT2D eigenvalue weighted by Crippen LogP contribution is 2.26. The van der Waals surface area contributed by atoms with Crippen LogP contribution < -0.4 is 5.32 Å². The summed E-state index contributed by atoms with van der Waals surface area (Å²) in [4.78, 5) is 23.3. The summed E-state index contributed by atoms with van der Waals surface area (Å²) in [6.07, 6.45) is 0.797. The summed E-state index contributed by atoms with van der Waals surface area (Å²) in [6.45, 7) is 0. The Morgan fingerprint density at radius 2 is 2.16 bits per heavy atom. The van der Waals surface area contributed by atoms with Crippen molar-refractivity contribution in [2.45, 2.75) is 12.5 Å². The van der Waals surface area contributed by atoms with E-state index in [4.69, 9.17) is 11.6 Å². The number of hydrogen-bond donors (Lipinski definition) is 2. The molecule has 102 valence electrons. The van der Waals surface area contributed by atoms with Gasteiger partial charge in [-0.2, -0.15) is 11.8 Å². The lowest BCUT2D eigenvalue weighted by atomic mass is 10.0. The Labute approximate surface area is 120 Å². The molecule has 1 aliphatic heterocycles. The molecular weight excluding hydrogens is 286 g/mol. The van der Waals surface area contributed by atoms with Gasteiger partial charge in [-0.15, -0.1) is 0 Å².